The largest absolute Gasteiger partial charge is 0.507 e. The van der Waals surface area contributed by atoms with Crippen molar-refractivity contribution in [2.24, 2.45) is 17.8 Å². The molecule has 4 atom stereocenters. The number of morpholine rings is 1. The highest BCUT2D eigenvalue weighted by molar-refractivity contribution is 7.13. The van der Waals surface area contributed by atoms with Crippen LogP contribution in [0.3, 0.4) is 0 Å². The Kier molecular flexibility index (Phi) is 16.4. The molecule has 0 unspecified atom stereocenters. The zero-order chi connectivity index (χ0) is 54.1. The Balaban J connectivity index is 0.586. The van der Waals surface area contributed by atoms with Crippen LogP contribution in [0.15, 0.2) is 70.7 Å². The summed E-state index contributed by atoms with van der Waals surface area (Å²) in [5.41, 5.74) is 13.2. The predicted octanol–water partition coefficient (Wildman–Crippen LogP) is 7.28. The van der Waals surface area contributed by atoms with Gasteiger partial charge >= 0.3 is 0 Å². The standard InChI is InChI=1S/C59H79N11O7S/c1-37(2)54(58(74)70-34-44(71)29-50(70)57(73)62-38(3)42-9-11-43(12-10-42)55-39(4)61-36-78-55)52-31-53(65-77-52)69-21-13-40(14-22-69)32-66-19-15-45(16-20-66)76-46-27-41(28-46)33-67-25-26-75-59(35-67)17-23-68(24-18-59)49-30-48(63-64-56(49)60)47-7-5-6-8-51(47)72/h5-12,30-31,36-38,40-41,44-46,50,54,71-72H,13-29,32-35H2,1-4H3,(H2,60,64)(H,62,73)/t38-,41-,44+,46-,50-,54-/m0/s1. The van der Waals surface area contributed by atoms with Gasteiger partial charge in [0, 0.05) is 90.0 Å². The first-order valence-corrected chi connectivity index (χ1v) is 29.5. The Morgan fingerprint density at radius 3 is 2.33 bits per heavy atom. The number of phenolic OH excluding ortho intramolecular Hbond substituents is 1. The molecule has 1 spiro atoms. The summed E-state index contributed by atoms with van der Waals surface area (Å²) in [6.07, 6.45) is 8.50. The molecule has 6 aliphatic rings. The number of carbonyl (C=O) groups is 2. The SMILES string of the molecule is Cc1ncsc1-c1ccc([C@H](C)NC(=O)[C@@H]2C[C@@H](O)CN2C(=O)[C@H](c2cc(N3CCC(CN4CCC(O[C@H]5C[C@H](CN6CCOC7(CCN(c8cc(-c9ccccc9O)nnc8N)CC7)C6)C5)CC4)CC3)no2)C(C)C)cc1. The second-order valence-corrected chi connectivity index (χ2v) is 24.5. The molecule has 3 aromatic heterocycles. The van der Waals surface area contributed by atoms with Gasteiger partial charge in [0.2, 0.25) is 11.8 Å². The highest BCUT2D eigenvalue weighted by atomic mass is 32.1. The molecule has 2 aromatic carbocycles. The number of β-amino-alcohol motifs (C(OH)–C–C–N with tert-alkyl or cyclic N) is 1. The second kappa shape index (κ2) is 23.6. The number of anilines is 3. The smallest absolute Gasteiger partial charge is 0.243 e. The van der Waals surface area contributed by atoms with Crippen molar-refractivity contribution in [3.63, 3.8) is 0 Å². The van der Waals surface area contributed by atoms with Gasteiger partial charge in [0.25, 0.3) is 0 Å². The van der Waals surface area contributed by atoms with E-state index in [2.05, 4.69) is 45.3 Å². The van der Waals surface area contributed by atoms with Crippen molar-refractivity contribution in [2.75, 3.05) is 94.1 Å². The number of piperidine rings is 3. The second-order valence-electron chi connectivity index (χ2n) is 23.6. The molecule has 5 saturated heterocycles. The first kappa shape index (κ1) is 54.3. The number of nitrogens with one attached hydrogen (secondary N) is 1. The van der Waals surface area contributed by atoms with Gasteiger partial charge < -0.3 is 54.9 Å². The van der Waals surface area contributed by atoms with E-state index >= 15 is 0 Å². The summed E-state index contributed by atoms with van der Waals surface area (Å²) >= 11 is 1.60. The normalized spacial score (nSPS) is 24.4. The van der Waals surface area contributed by atoms with Crippen LogP contribution in [0.2, 0.25) is 0 Å². The van der Waals surface area contributed by atoms with Crippen LogP contribution in [-0.4, -0.2) is 166 Å². The fraction of sp³-hybridized carbons (Fsp3) is 0.593. The third-order valence-corrected chi connectivity index (χ3v) is 18.8. The van der Waals surface area contributed by atoms with Crippen molar-refractivity contribution in [3.05, 3.63) is 83.2 Å². The number of para-hydroxylation sites is 1. The van der Waals surface area contributed by atoms with Gasteiger partial charge in [-0.05, 0) is 112 Å². The van der Waals surface area contributed by atoms with Crippen LogP contribution in [0, 0.1) is 24.7 Å². The summed E-state index contributed by atoms with van der Waals surface area (Å²) in [7, 11) is 0. The first-order chi connectivity index (χ1) is 37.7. The number of nitrogen functional groups attached to an aromatic ring is 1. The minimum absolute atomic E-state index is 0.0907. The van der Waals surface area contributed by atoms with E-state index in [-0.39, 0.29) is 48.1 Å². The molecule has 1 saturated carbocycles. The third-order valence-electron chi connectivity index (χ3n) is 17.8. The number of hydrogen-bond acceptors (Lipinski definition) is 17. The number of ether oxygens (including phenoxy) is 2. The zero-order valence-corrected chi connectivity index (χ0v) is 46.7. The van der Waals surface area contributed by atoms with Crippen LogP contribution in [0.1, 0.15) is 108 Å². The number of rotatable bonds is 16. The third kappa shape index (κ3) is 12.1. The average Bonchev–Trinajstić information content (AvgIpc) is 4.23. The van der Waals surface area contributed by atoms with E-state index in [1.165, 1.54) is 0 Å². The fourth-order valence-electron chi connectivity index (χ4n) is 13.2. The lowest BCUT2D eigenvalue weighted by Crippen LogP contribution is -2.58. The molecule has 2 amide bonds. The number of nitrogens with zero attached hydrogens (tertiary/aromatic N) is 9. The van der Waals surface area contributed by atoms with Crippen molar-refractivity contribution < 1.29 is 33.8 Å². The molecule has 11 rings (SSSR count). The predicted molar refractivity (Wildman–Crippen MR) is 301 cm³/mol. The van der Waals surface area contributed by atoms with Crippen LogP contribution in [0.5, 0.6) is 5.75 Å². The lowest BCUT2D eigenvalue weighted by molar-refractivity contribution is -0.141. The highest BCUT2D eigenvalue weighted by Crippen LogP contribution is 2.40. The number of benzene rings is 2. The molecule has 6 fully saturated rings. The summed E-state index contributed by atoms with van der Waals surface area (Å²) in [5, 5.41) is 37.3. The highest BCUT2D eigenvalue weighted by Gasteiger charge is 2.45. The molecule has 5 aromatic rings. The van der Waals surface area contributed by atoms with Gasteiger partial charge in [-0.1, -0.05) is 55.4 Å². The molecule has 78 heavy (non-hydrogen) atoms. The van der Waals surface area contributed by atoms with Crippen LogP contribution >= 0.6 is 11.3 Å². The number of hydrogen-bond donors (Lipinski definition) is 4. The number of amides is 2. The minimum atomic E-state index is -0.797. The Labute approximate surface area is 462 Å². The van der Waals surface area contributed by atoms with Crippen LogP contribution in [0.25, 0.3) is 21.7 Å². The average molecular weight is 1090 g/mol. The molecule has 18 nitrogen and oxygen atoms in total. The van der Waals surface area contributed by atoms with Gasteiger partial charge in [-0.3, -0.25) is 14.5 Å². The Hall–Kier alpha value is -5.70. The molecule has 8 heterocycles. The van der Waals surface area contributed by atoms with Crippen molar-refractivity contribution in [3.8, 4) is 27.4 Å². The van der Waals surface area contributed by atoms with E-state index in [0.29, 0.717) is 46.9 Å². The number of aryl methyl sites for hydroxylation is 1. The number of nitrogens with two attached hydrogens (primary N) is 1. The number of aliphatic hydroxyl groups excluding tert-OH is 1. The van der Waals surface area contributed by atoms with E-state index in [4.69, 9.17) is 19.7 Å². The maximum absolute atomic E-state index is 14.4. The summed E-state index contributed by atoms with van der Waals surface area (Å²) in [6.45, 7) is 18.4. The molecule has 1 aliphatic carbocycles. The zero-order valence-electron chi connectivity index (χ0n) is 45.8. The van der Waals surface area contributed by atoms with Crippen LogP contribution in [0.4, 0.5) is 17.3 Å². The Morgan fingerprint density at radius 2 is 1.62 bits per heavy atom. The Bertz CT molecular complexity index is 2830. The molecular formula is C59H79N11O7S. The molecule has 418 valence electrons. The molecule has 19 heteroatoms. The van der Waals surface area contributed by atoms with E-state index in [9.17, 15) is 19.8 Å². The van der Waals surface area contributed by atoms with E-state index in [0.717, 1.165) is 157 Å². The molecule has 5 N–H and O–H groups in total. The molecular weight excluding hydrogens is 1010 g/mol. The van der Waals surface area contributed by atoms with Crippen molar-refractivity contribution in [2.45, 2.75) is 127 Å². The fourth-order valence-corrected chi connectivity index (χ4v) is 14.0. The Morgan fingerprint density at radius 1 is 0.872 bits per heavy atom. The van der Waals surface area contributed by atoms with Gasteiger partial charge in [0.05, 0.1) is 64.0 Å². The monoisotopic (exact) mass is 1090 g/mol. The van der Waals surface area contributed by atoms with E-state index in [1.54, 1.807) is 28.4 Å². The first-order valence-electron chi connectivity index (χ1n) is 28.7. The maximum Gasteiger partial charge on any atom is 0.243 e. The minimum Gasteiger partial charge on any atom is -0.507 e. The van der Waals surface area contributed by atoms with E-state index < -0.39 is 18.1 Å². The summed E-state index contributed by atoms with van der Waals surface area (Å²) in [5.74, 6) is 1.81. The summed E-state index contributed by atoms with van der Waals surface area (Å²) in [4.78, 5) is 45.1. The lowest BCUT2D eigenvalue weighted by Gasteiger charge is -2.49. The van der Waals surface area contributed by atoms with Crippen molar-refractivity contribution in [1.29, 1.82) is 0 Å². The number of likely N-dealkylation sites (tertiary alicyclic amines) is 2. The number of thiazole rings is 1. The number of phenols is 1. The summed E-state index contributed by atoms with van der Waals surface area (Å²) < 4.78 is 19.2. The van der Waals surface area contributed by atoms with Crippen LogP contribution in [-0.2, 0) is 19.1 Å². The van der Waals surface area contributed by atoms with Crippen LogP contribution < -0.4 is 20.9 Å². The van der Waals surface area contributed by atoms with E-state index in [1.807, 2.05) is 81.7 Å². The van der Waals surface area contributed by atoms with Gasteiger partial charge in [-0.2, -0.15) is 0 Å². The lowest BCUT2D eigenvalue weighted by atomic mass is 9.81. The quantitative estimate of drug-likeness (QED) is 0.0765. The van der Waals surface area contributed by atoms with Gasteiger partial charge in [-0.15, -0.1) is 21.5 Å². The van der Waals surface area contributed by atoms with Gasteiger partial charge in [0.1, 0.15) is 17.7 Å². The summed E-state index contributed by atoms with van der Waals surface area (Å²) in [6, 6.07) is 18.1. The molecule has 5 aliphatic heterocycles. The number of carbonyl (C=O) groups excluding carboxylic acids is 2. The van der Waals surface area contributed by atoms with Gasteiger partial charge in [-0.25, -0.2) is 4.98 Å². The maximum atomic E-state index is 14.4. The number of aromatic nitrogens is 4. The molecule has 0 radical (unpaired) electrons. The van der Waals surface area contributed by atoms with Gasteiger partial charge in [0.15, 0.2) is 17.4 Å². The molecule has 0 bridgehead atoms. The number of aromatic hydroxyl groups is 1. The topological polar surface area (TPSA) is 212 Å². The van der Waals surface area contributed by atoms with Crippen molar-refractivity contribution >= 4 is 40.5 Å². The van der Waals surface area contributed by atoms with Crippen molar-refractivity contribution in [1.82, 2.24) is 40.4 Å². The number of aliphatic hydroxyl groups is 1.